The van der Waals surface area contributed by atoms with Gasteiger partial charge in [-0.2, -0.15) is 0 Å². The van der Waals surface area contributed by atoms with Crippen LogP contribution in [0, 0.1) is 0 Å². The van der Waals surface area contributed by atoms with E-state index in [1.807, 2.05) is 49.4 Å². The maximum atomic E-state index is 12.8. The first kappa shape index (κ1) is 18.9. The molecule has 0 saturated carbocycles. The summed E-state index contributed by atoms with van der Waals surface area (Å²) in [4.78, 5) is 12.8. The Labute approximate surface area is 169 Å². The predicted octanol–water partition coefficient (Wildman–Crippen LogP) is 5.02. The summed E-state index contributed by atoms with van der Waals surface area (Å²) in [5.74, 6) is 1.34. The van der Waals surface area contributed by atoms with E-state index in [2.05, 4.69) is 17.4 Å². The number of hydrogen-bond acceptors (Lipinski definition) is 4. The van der Waals surface area contributed by atoms with E-state index in [0.717, 1.165) is 32.9 Å². The highest BCUT2D eigenvalue weighted by Crippen LogP contribution is 2.31. The van der Waals surface area contributed by atoms with E-state index in [9.17, 15) is 4.79 Å². The van der Waals surface area contributed by atoms with Crippen LogP contribution in [0.2, 0.25) is 0 Å². The number of carbonyl (C=O) groups excluding carboxylic acids is 1. The quantitative estimate of drug-likeness (QED) is 0.503. The highest BCUT2D eigenvalue weighted by atomic mass is 16.5. The van der Waals surface area contributed by atoms with Crippen LogP contribution in [0.25, 0.3) is 21.7 Å². The molecule has 148 valence electrons. The van der Waals surface area contributed by atoms with E-state index in [0.29, 0.717) is 11.5 Å². The lowest BCUT2D eigenvalue weighted by Gasteiger charge is -2.18. The van der Waals surface area contributed by atoms with Crippen molar-refractivity contribution in [1.82, 2.24) is 5.32 Å². The van der Waals surface area contributed by atoms with Gasteiger partial charge in [0.1, 0.15) is 17.1 Å². The number of methoxy groups -OCH3 is 2. The molecular formula is C24H23NO4. The minimum atomic E-state index is -0.234. The van der Waals surface area contributed by atoms with Crippen LogP contribution in [0.4, 0.5) is 0 Å². The highest BCUT2D eigenvalue weighted by Gasteiger charge is 2.18. The molecule has 0 fully saturated rings. The van der Waals surface area contributed by atoms with Gasteiger partial charge in [-0.25, -0.2) is 0 Å². The third-order valence-corrected chi connectivity index (χ3v) is 5.17. The largest absolute Gasteiger partial charge is 0.497 e. The van der Waals surface area contributed by atoms with Gasteiger partial charge in [0.25, 0.3) is 0 Å². The number of rotatable bonds is 6. The standard InChI is InChI=1S/C24H23NO4/c1-15(20-13-18(27-2)9-11-21(20)28-3)25-23(26)12-17-14-29-22-10-8-16-6-4-5-7-19(16)24(17)22/h4-11,13-15H,12H2,1-3H3,(H,25,26). The van der Waals surface area contributed by atoms with Crippen LogP contribution in [-0.2, 0) is 11.2 Å². The van der Waals surface area contributed by atoms with Crippen molar-refractivity contribution >= 4 is 27.6 Å². The van der Waals surface area contributed by atoms with Gasteiger partial charge in [0.15, 0.2) is 0 Å². The van der Waals surface area contributed by atoms with Gasteiger partial charge in [-0.3, -0.25) is 4.79 Å². The number of hydrogen-bond donors (Lipinski definition) is 1. The lowest BCUT2D eigenvalue weighted by molar-refractivity contribution is -0.121. The average molecular weight is 389 g/mol. The molecular weight excluding hydrogens is 366 g/mol. The minimum Gasteiger partial charge on any atom is -0.497 e. The summed E-state index contributed by atoms with van der Waals surface area (Å²) in [5.41, 5.74) is 2.52. The summed E-state index contributed by atoms with van der Waals surface area (Å²) in [5, 5.41) is 6.26. The topological polar surface area (TPSA) is 60.7 Å². The lowest BCUT2D eigenvalue weighted by Crippen LogP contribution is -2.28. The number of amides is 1. The van der Waals surface area contributed by atoms with Crippen molar-refractivity contribution in [2.45, 2.75) is 19.4 Å². The Bertz CT molecular complexity index is 1180. The Kier molecular flexibility index (Phi) is 5.12. The molecule has 0 aliphatic carbocycles. The first-order valence-electron chi connectivity index (χ1n) is 9.50. The zero-order chi connectivity index (χ0) is 20.4. The van der Waals surface area contributed by atoms with Gasteiger partial charge in [-0.05, 0) is 42.0 Å². The van der Waals surface area contributed by atoms with Crippen LogP contribution >= 0.6 is 0 Å². The smallest absolute Gasteiger partial charge is 0.225 e. The van der Waals surface area contributed by atoms with Crippen LogP contribution in [0.15, 0.2) is 65.3 Å². The molecule has 1 heterocycles. The molecule has 1 amide bonds. The summed E-state index contributed by atoms with van der Waals surface area (Å²) in [6.45, 7) is 1.93. The SMILES string of the molecule is COc1ccc(OC)c(C(C)NC(=O)Cc2coc3ccc4ccccc4c23)c1. The van der Waals surface area contributed by atoms with Crippen molar-refractivity contribution in [2.24, 2.45) is 0 Å². The second-order valence-electron chi connectivity index (χ2n) is 6.99. The summed E-state index contributed by atoms with van der Waals surface area (Å²) >= 11 is 0. The Balaban J connectivity index is 1.59. The van der Waals surface area contributed by atoms with Crippen molar-refractivity contribution in [3.63, 3.8) is 0 Å². The first-order valence-corrected chi connectivity index (χ1v) is 9.50. The number of carbonyl (C=O) groups is 1. The Hall–Kier alpha value is -3.47. The molecule has 1 unspecified atom stereocenters. The van der Waals surface area contributed by atoms with Crippen molar-refractivity contribution in [3.8, 4) is 11.5 Å². The van der Waals surface area contributed by atoms with Gasteiger partial charge in [-0.15, -0.1) is 0 Å². The molecule has 0 bridgehead atoms. The van der Waals surface area contributed by atoms with Crippen molar-refractivity contribution in [2.75, 3.05) is 14.2 Å². The maximum absolute atomic E-state index is 12.8. The summed E-state index contributed by atoms with van der Waals surface area (Å²) in [6, 6.07) is 17.4. The molecule has 29 heavy (non-hydrogen) atoms. The van der Waals surface area contributed by atoms with Gasteiger partial charge in [0.2, 0.25) is 5.91 Å². The van der Waals surface area contributed by atoms with Crippen molar-refractivity contribution < 1.29 is 18.7 Å². The normalized spacial score (nSPS) is 12.1. The summed E-state index contributed by atoms with van der Waals surface area (Å²) in [6.07, 6.45) is 1.91. The van der Waals surface area contributed by atoms with E-state index >= 15 is 0 Å². The van der Waals surface area contributed by atoms with Crippen LogP contribution in [0.3, 0.4) is 0 Å². The lowest BCUT2D eigenvalue weighted by atomic mass is 10.0. The number of ether oxygens (including phenoxy) is 2. The molecule has 0 aliphatic rings. The highest BCUT2D eigenvalue weighted by molar-refractivity contribution is 6.08. The van der Waals surface area contributed by atoms with Gasteiger partial charge in [-0.1, -0.05) is 30.3 Å². The molecule has 1 aromatic heterocycles. The van der Waals surface area contributed by atoms with Crippen LogP contribution in [-0.4, -0.2) is 20.1 Å². The Morgan fingerprint density at radius 1 is 1.07 bits per heavy atom. The first-order chi connectivity index (χ1) is 14.1. The zero-order valence-corrected chi connectivity index (χ0v) is 16.7. The third-order valence-electron chi connectivity index (χ3n) is 5.17. The summed E-state index contributed by atoms with van der Waals surface area (Å²) in [7, 11) is 3.23. The van der Waals surface area contributed by atoms with Crippen LogP contribution < -0.4 is 14.8 Å². The van der Waals surface area contributed by atoms with E-state index in [1.54, 1.807) is 20.5 Å². The van der Waals surface area contributed by atoms with Gasteiger partial charge in [0, 0.05) is 16.5 Å². The number of furan rings is 1. The number of nitrogens with one attached hydrogen (secondary N) is 1. The van der Waals surface area contributed by atoms with Gasteiger partial charge >= 0.3 is 0 Å². The molecule has 4 aromatic rings. The van der Waals surface area contributed by atoms with Crippen LogP contribution in [0.5, 0.6) is 11.5 Å². The molecule has 0 aliphatic heterocycles. The van der Waals surface area contributed by atoms with E-state index in [-0.39, 0.29) is 18.4 Å². The van der Waals surface area contributed by atoms with Crippen LogP contribution in [0.1, 0.15) is 24.1 Å². The molecule has 5 nitrogen and oxygen atoms in total. The predicted molar refractivity (Wildman–Crippen MR) is 114 cm³/mol. The molecule has 1 N–H and O–H groups in total. The third kappa shape index (κ3) is 3.63. The second-order valence-corrected chi connectivity index (χ2v) is 6.99. The minimum absolute atomic E-state index is 0.0852. The zero-order valence-electron chi connectivity index (χ0n) is 16.7. The van der Waals surface area contributed by atoms with E-state index < -0.39 is 0 Å². The second kappa shape index (κ2) is 7.87. The van der Waals surface area contributed by atoms with Crippen molar-refractivity contribution in [3.05, 3.63) is 72.0 Å². The number of fused-ring (bicyclic) bond motifs is 3. The Morgan fingerprint density at radius 3 is 2.69 bits per heavy atom. The molecule has 0 saturated heterocycles. The fourth-order valence-corrected chi connectivity index (χ4v) is 3.73. The fourth-order valence-electron chi connectivity index (χ4n) is 3.73. The molecule has 1 atom stereocenters. The molecule has 4 rings (SSSR count). The Morgan fingerprint density at radius 2 is 1.90 bits per heavy atom. The average Bonchev–Trinajstić information content (AvgIpc) is 3.16. The molecule has 3 aromatic carbocycles. The van der Waals surface area contributed by atoms with Gasteiger partial charge in [0.05, 0.1) is 32.9 Å². The van der Waals surface area contributed by atoms with E-state index in [1.165, 1.54) is 0 Å². The number of benzene rings is 3. The summed E-state index contributed by atoms with van der Waals surface area (Å²) < 4.78 is 16.4. The van der Waals surface area contributed by atoms with Crippen molar-refractivity contribution in [1.29, 1.82) is 0 Å². The maximum Gasteiger partial charge on any atom is 0.225 e. The van der Waals surface area contributed by atoms with Gasteiger partial charge < -0.3 is 19.2 Å². The molecule has 0 radical (unpaired) electrons. The molecule has 5 heteroatoms. The molecule has 0 spiro atoms. The van der Waals surface area contributed by atoms with E-state index in [4.69, 9.17) is 13.9 Å². The monoisotopic (exact) mass is 389 g/mol. The fraction of sp³-hybridized carbons (Fsp3) is 0.208.